The monoisotopic (exact) mass is 772 g/mol. The molecule has 57 heavy (non-hydrogen) atoms. The molecule has 0 unspecified atom stereocenters. The Bertz CT molecular complexity index is 2120. The first-order valence-corrected chi connectivity index (χ1v) is 19.6. The number of imidazole rings is 2. The molecular weight excluding hydrogens is 721 g/mol. The highest BCUT2D eigenvalue weighted by molar-refractivity contribution is 5.90. The van der Waals surface area contributed by atoms with Crippen LogP contribution < -0.4 is 10.6 Å². The number of benzene rings is 3. The molecule has 298 valence electrons. The van der Waals surface area contributed by atoms with Crippen LogP contribution in [0.5, 0.6) is 0 Å². The molecule has 0 radical (unpaired) electrons. The van der Waals surface area contributed by atoms with Gasteiger partial charge in [-0.2, -0.15) is 0 Å². The Kier molecular flexibility index (Phi) is 13.2. The summed E-state index contributed by atoms with van der Waals surface area (Å²) in [7, 11) is 1.26. The summed E-state index contributed by atoms with van der Waals surface area (Å²) in [5.41, 5.74) is 6.45. The Balaban J connectivity index is 1.09. The van der Waals surface area contributed by atoms with Crippen molar-refractivity contribution in [2.24, 2.45) is 11.8 Å². The second-order valence-electron chi connectivity index (χ2n) is 14.9. The maximum Gasteiger partial charge on any atom is 0.407 e. The Morgan fingerprint density at radius 2 is 1.33 bits per heavy atom. The van der Waals surface area contributed by atoms with Crippen molar-refractivity contribution >= 4 is 23.8 Å². The molecule has 2 aromatic heterocycles. The van der Waals surface area contributed by atoms with Crippen molar-refractivity contribution in [3.8, 4) is 33.6 Å². The van der Waals surface area contributed by atoms with Crippen LogP contribution in [0.2, 0.25) is 0 Å². The smallest absolute Gasteiger partial charge is 0.407 e. The van der Waals surface area contributed by atoms with E-state index in [1.165, 1.54) is 7.11 Å². The number of nitrogens with one attached hydrogen (secondary N) is 4. The Morgan fingerprint density at radius 3 is 1.84 bits per heavy atom. The summed E-state index contributed by atoms with van der Waals surface area (Å²) in [5, 5.41) is 5.49. The van der Waals surface area contributed by atoms with Gasteiger partial charge in [-0.15, -0.1) is 0 Å². The Morgan fingerprint density at radius 1 is 0.789 bits per heavy atom. The molecule has 6 rings (SSSR count). The molecule has 0 aliphatic heterocycles. The predicted octanol–water partition coefficient (Wildman–Crippen LogP) is 6.87. The lowest BCUT2D eigenvalue weighted by atomic mass is 10.0. The predicted molar refractivity (Wildman–Crippen MR) is 218 cm³/mol. The van der Waals surface area contributed by atoms with E-state index in [-0.39, 0.29) is 48.7 Å². The minimum Gasteiger partial charge on any atom is -0.453 e. The number of nitrogens with zero attached hydrogens (tertiary/aromatic N) is 4. The fraction of sp³-hybridized carbons (Fsp3) is 0.364. The number of methoxy groups -OCH3 is 1. The molecule has 5 aromatic rings. The molecule has 0 bridgehead atoms. The normalized spacial score (nSPS) is 13.4. The zero-order valence-corrected chi connectivity index (χ0v) is 33.2. The van der Waals surface area contributed by atoms with E-state index >= 15 is 0 Å². The van der Waals surface area contributed by atoms with Crippen LogP contribution in [0.25, 0.3) is 33.6 Å². The van der Waals surface area contributed by atoms with Crippen molar-refractivity contribution in [3.63, 3.8) is 0 Å². The number of aromatic amines is 2. The first-order chi connectivity index (χ1) is 27.5. The van der Waals surface area contributed by atoms with Crippen molar-refractivity contribution in [1.29, 1.82) is 0 Å². The van der Waals surface area contributed by atoms with Crippen molar-refractivity contribution in [1.82, 2.24) is 40.4 Å². The number of carbonyl (C=O) groups is 4. The Hall–Kier alpha value is -6.24. The van der Waals surface area contributed by atoms with Gasteiger partial charge in [-0.3, -0.25) is 14.4 Å². The third-order valence-electron chi connectivity index (χ3n) is 10.4. The molecular formula is C44H52N8O5. The molecule has 4 N–H and O–H groups in total. The van der Waals surface area contributed by atoms with Gasteiger partial charge >= 0.3 is 6.09 Å². The average molecular weight is 773 g/mol. The summed E-state index contributed by atoms with van der Waals surface area (Å²) in [5.74, 6) is 1.05. The number of amides is 4. The van der Waals surface area contributed by atoms with E-state index in [0.29, 0.717) is 24.7 Å². The van der Waals surface area contributed by atoms with Crippen LogP contribution >= 0.6 is 0 Å². The SMILES string of the molecule is CCCN(Cc1ncc(-c2ccc(-c3ccc(-c4cnc(CN(C(=O)CNC(=O)OC)[C@H](C)C(C)C)[nH]4)cc3)cc2)[nH]1)C(=O)[C@H](NC(=O)C1CC1)c1ccccc1. The quantitative estimate of drug-likeness (QED) is 0.0801. The third kappa shape index (κ3) is 10.3. The third-order valence-corrected chi connectivity index (χ3v) is 10.4. The van der Waals surface area contributed by atoms with E-state index in [0.717, 1.165) is 58.5 Å². The van der Waals surface area contributed by atoms with E-state index < -0.39 is 12.1 Å². The summed E-state index contributed by atoms with van der Waals surface area (Å²) in [6.07, 6.45) is 5.38. The maximum atomic E-state index is 14.0. The summed E-state index contributed by atoms with van der Waals surface area (Å²) >= 11 is 0. The molecule has 3 aromatic carbocycles. The highest BCUT2D eigenvalue weighted by atomic mass is 16.5. The van der Waals surface area contributed by atoms with Crippen LogP contribution in [0.1, 0.15) is 70.2 Å². The van der Waals surface area contributed by atoms with E-state index in [1.54, 1.807) is 22.2 Å². The lowest BCUT2D eigenvalue weighted by Crippen LogP contribution is -2.46. The summed E-state index contributed by atoms with van der Waals surface area (Å²) in [6, 6.07) is 25.0. The van der Waals surface area contributed by atoms with Gasteiger partial charge in [0.15, 0.2) is 0 Å². The van der Waals surface area contributed by atoms with Gasteiger partial charge in [0.25, 0.3) is 0 Å². The average Bonchev–Trinajstić information content (AvgIpc) is 3.81. The van der Waals surface area contributed by atoms with Gasteiger partial charge in [0.05, 0.1) is 44.0 Å². The molecule has 4 amide bonds. The van der Waals surface area contributed by atoms with Gasteiger partial charge in [0.1, 0.15) is 24.2 Å². The minimum absolute atomic E-state index is 0.00918. The van der Waals surface area contributed by atoms with Crippen molar-refractivity contribution in [3.05, 3.63) is 108 Å². The van der Waals surface area contributed by atoms with Crippen LogP contribution in [0.4, 0.5) is 4.79 Å². The van der Waals surface area contributed by atoms with E-state index in [2.05, 4.69) is 59.6 Å². The second-order valence-corrected chi connectivity index (χ2v) is 14.9. The first-order valence-electron chi connectivity index (χ1n) is 19.6. The van der Waals surface area contributed by atoms with Gasteiger partial charge in [-0.1, -0.05) is 99.6 Å². The van der Waals surface area contributed by atoms with Gasteiger partial charge in [0, 0.05) is 18.5 Å². The molecule has 13 heteroatoms. The number of hydrogen-bond donors (Lipinski definition) is 4. The number of rotatable bonds is 17. The van der Waals surface area contributed by atoms with Crippen LogP contribution in [0.15, 0.2) is 91.3 Å². The van der Waals surface area contributed by atoms with Crippen LogP contribution in [-0.4, -0.2) is 79.8 Å². The molecule has 0 saturated heterocycles. The second kappa shape index (κ2) is 18.6. The highest BCUT2D eigenvalue weighted by Gasteiger charge is 2.35. The molecule has 2 heterocycles. The fourth-order valence-electron chi connectivity index (χ4n) is 6.60. The number of alkyl carbamates (subject to hydrolysis) is 1. The molecule has 1 aliphatic rings. The van der Waals surface area contributed by atoms with Crippen LogP contribution in [0.3, 0.4) is 0 Å². The number of H-pyrrole nitrogens is 2. The number of ether oxygens (including phenoxy) is 1. The van der Waals surface area contributed by atoms with Crippen LogP contribution in [-0.2, 0) is 32.2 Å². The van der Waals surface area contributed by atoms with Crippen molar-refractivity contribution in [2.45, 2.75) is 72.1 Å². The number of aromatic nitrogens is 4. The van der Waals surface area contributed by atoms with E-state index in [4.69, 9.17) is 0 Å². The van der Waals surface area contributed by atoms with Crippen molar-refractivity contribution < 1.29 is 23.9 Å². The van der Waals surface area contributed by atoms with Gasteiger partial charge in [0.2, 0.25) is 17.7 Å². The zero-order valence-electron chi connectivity index (χ0n) is 33.2. The fourth-order valence-corrected chi connectivity index (χ4v) is 6.60. The largest absolute Gasteiger partial charge is 0.453 e. The standard InChI is InChI=1S/C44H52N8O5/c1-6-22-51(43(55)41(34-10-8-7-9-11-34)50-42(54)35-20-21-35)26-38-45-23-36(48-38)32-16-12-30(13-17-32)31-14-18-33(19-15-31)37-24-46-39(49-37)27-52(29(4)28(2)3)40(53)25-47-44(56)57-5/h7-19,23-24,28-29,35,41H,6,20-22,25-27H2,1-5H3,(H,45,48)(H,46,49)(H,47,56)(H,50,54)/t29-,41-/m1/s1. The molecule has 0 spiro atoms. The molecule has 13 nitrogen and oxygen atoms in total. The molecule has 1 fully saturated rings. The molecule has 1 aliphatic carbocycles. The lowest BCUT2D eigenvalue weighted by Gasteiger charge is -2.31. The molecule has 2 atom stereocenters. The number of hydrogen-bond acceptors (Lipinski definition) is 7. The van der Waals surface area contributed by atoms with Gasteiger partial charge in [-0.25, -0.2) is 14.8 Å². The lowest BCUT2D eigenvalue weighted by molar-refractivity contribution is -0.137. The van der Waals surface area contributed by atoms with Gasteiger partial charge < -0.3 is 35.1 Å². The van der Waals surface area contributed by atoms with Gasteiger partial charge in [-0.05, 0) is 59.9 Å². The molecule has 1 saturated carbocycles. The maximum absolute atomic E-state index is 14.0. The van der Waals surface area contributed by atoms with Crippen molar-refractivity contribution in [2.75, 3.05) is 20.2 Å². The summed E-state index contributed by atoms with van der Waals surface area (Å²) < 4.78 is 4.61. The number of carbonyl (C=O) groups excluding carboxylic acids is 4. The van der Waals surface area contributed by atoms with E-state index in [1.807, 2.05) is 82.3 Å². The highest BCUT2D eigenvalue weighted by Crippen LogP contribution is 2.31. The zero-order chi connectivity index (χ0) is 40.5. The summed E-state index contributed by atoms with van der Waals surface area (Å²) in [6.45, 7) is 9.03. The van der Waals surface area contributed by atoms with Crippen LogP contribution in [0, 0.1) is 11.8 Å². The van der Waals surface area contributed by atoms with E-state index in [9.17, 15) is 19.2 Å². The first kappa shape index (κ1) is 40.4. The topological polar surface area (TPSA) is 165 Å². The Labute approximate surface area is 333 Å². The minimum atomic E-state index is -0.755. The summed E-state index contributed by atoms with van der Waals surface area (Å²) in [4.78, 5) is 70.7.